The zero-order valence-corrected chi connectivity index (χ0v) is 12.1. The van der Waals surface area contributed by atoms with Crippen LogP contribution < -0.4 is 5.32 Å². The van der Waals surface area contributed by atoms with Gasteiger partial charge in [0.15, 0.2) is 0 Å². The van der Waals surface area contributed by atoms with Gasteiger partial charge in [-0.15, -0.1) is 11.8 Å². The summed E-state index contributed by atoms with van der Waals surface area (Å²) in [6, 6.07) is 9.95. The first-order chi connectivity index (χ1) is 9.75. The molecule has 1 amide bonds. The Kier molecular flexibility index (Phi) is 3.78. The van der Waals surface area contributed by atoms with Crippen LogP contribution >= 0.6 is 11.8 Å². The number of amides is 1. The second kappa shape index (κ2) is 5.71. The minimum absolute atomic E-state index is 0.0143. The van der Waals surface area contributed by atoms with E-state index in [0.29, 0.717) is 0 Å². The second-order valence-electron chi connectivity index (χ2n) is 4.90. The Balaban J connectivity index is 1.74. The SMILES string of the molecule is C[C@@H](C(=O)N[C@H]1CCSc2ccccc21)n1cccn1. The molecule has 1 N–H and O–H groups in total. The smallest absolute Gasteiger partial charge is 0.245 e. The van der Waals surface area contributed by atoms with Crippen LogP contribution in [0.25, 0.3) is 0 Å². The molecule has 104 valence electrons. The molecule has 0 saturated heterocycles. The summed E-state index contributed by atoms with van der Waals surface area (Å²) in [7, 11) is 0. The Morgan fingerprint density at radius 1 is 1.45 bits per heavy atom. The number of nitrogens with one attached hydrogen (secondary N) is 1. The summed E-state index contributed by atoms with van der Waals surface area (Å²) >= 11 is 1.86. The van der Waals surface area contributed by atoms with E-state index in [9.17, 15) is 4.79 Å². The fourth-order valence-electron chi connectivity index (χ4n) is 2.41. The highest BCUT2D eigenvalue weighted by molar-refractivity contribution is 7.99. The number of nitrogens with zero attached hydrogens (tertiary/aromatic N) is 2. The van der Waals surface area contributed by atoms with Crippen molar-refractivity contribution in [1.29, 1.82) is 0 Å². The minimum atomic E-state index is -0.285. The molecule has 1 aromatic heterocycles. The lowest BCUT2D eigenvalue weighted by Crippen LogP contribution is -2.35. The number of carbonyl (C=O) groups excluding carboxylic acids is 1. The highest BCUT2D eigenvalue weighted by Gasteiger charge is 2.24. The van der Waals surface area contributed by atoms with Crippen molar-refractivity contribution in [2.24, 2.45) is 0 Å². The van der Waals surface area contributed by atoms with Gasteiger partial charge in [0, 0.05) is 23.0 Å². The van der Waals surface area contributed by atoms with Gasteiger partial charge in [0.05, 0.1) is 6.04 Å². The summed E-state index contributed by atoms with van der Waals surface area (Å²) in [5, 5.41) is 7.28. The van der Waals surface area contributed by atoms with Crippen molar-refractivity contribution < 1.29 is 4.79 Å². The number of thioether (sulfide) groups is 1. The maximum Gasteiger partial charge on any atom is 0.245 e. The van der Waals surface area contributed by atoms with Crippen LogP contribution in [0, 0.1) is 0 Å². The topological polar surface area (TPSA) is 46.9 Å². The van der Waals surface area contributed by atoms with Crippen molar-refractivity contribution >= 4 is 17.7 Å². The van der Waals surface area contributed by atoms with Gasteiger partial charge in [-0.3, -0.25) is 9.48 Å². The molecule has 0 unspecified atom stereocenters. The number of hydrogen-bond acceptors (Lipinski definition) is 3. The zero-order chi connectivity index (χ0) is 13.9. The number of hydrogen-bond donors (Lipinski definition) is 1. The molecule has 2 atom stereocenters. The molecule has 1 aromatic carbocycles. The van der Waals surface area contributed by atoms with Gasteiger partial charge in [-0.1, -0.05) is 18.2 Å². The average molecular weight is 287 g/mol. The number of carbonyl (C=O) groups is 1. The van der Waals surface area contributed by atoms with Gasteiger partial charge in [0.25, 0.3) is 0 Å². The van der Waals surface area contributed by atoms with Crippen molar-refractivity contribution in [3.8, 4) is 0 Å². The predicted octanol–water partition coefficient (Wildman–Crippen LogP) is 2.80. The van der Waals surface area contributed by atoms with E-state index >= 15 is 0 Å². The molecule has 0 bridgehead atoms. The Morgan fingerprint density at radius 2 is 2.30 bits per heavy atom. The van der Waals surface area contributed by atoms with Crippen LogP contribution in [0.3, 0.4) is 0 Å². The van der Waals surface area contributed by atoms with E-state index in [1.807, 2.05) is 43.1 Å². The normalized spacial score (nSPS) is 19.1. The molecule has 2 aromatic rings. The monoisotopic (exact) mass is 287 g/mol. The molecule has 2 heterocycles. The second-order valence-corrected chi connectivity index (χ2v) is 6.03. The number of fused-ring (bicyclic) bond motifs is 1. The van der Waals surface area contributed by atoms with Crippen LogP contribution in [-0.4, -0.2) is 21.4 Å². The van der Waals surface area contributed by atoms with E-state index < -0.39 is 0 Å². The summed E-state index contributed by atoms with van der Waals surface area (Å²) in [6.45, 7) is 1.87. The van der Waals surface area contributed by atoms with Crippen LogP contribution in [0.5, 0.6) is 0 Å². The molecular weight excluding hydrogens is 270 g/mol. The third kappa shape index (κ3) is 2.58. The van der Waals surface area contributed by atoms with Gasteiger partial charge in [0.2, 0.25) is 5.91 Å². The summed E-state index contributed by atoms with van der Waals surface area (Å²) < 4.78 is 1.68. The predicted molar refractivity (Wildman–Crippen MR) is 79.6 cm³/mol. The lowest BCUT2D eigenvalue weighted by molar-refractivity contribution is -0.125. The third-order valence-corrected chi connectivity index (χ3v) is 4.70. The first kappa shape index (κ1) is 13.2. The maximum atomic E-state index is 12.3. The van der Waals surface area contributed by atoms with Crippen LogP contribution in [-0.2, 0) is 4.79 Å². The largest absolute Gasteiger partial charge is 0.347 e. The number of rotatable bonds is 3. The van der Waals surface area contributed by atoms with E-state index in [-0.39, 0.29) is 18.0 Å². The van der Waals surface area contributed by atoms with Crippen LogP contribution in [0.1, 0.15) is 31.0 Å². The molecule has 5 heteroatoms. The van der Waals surface area contributed by atoms with Gasteiger partial charge >= 0.3 is 0 Å². The van der Waals surface area contributed by atoms with Gasteiger partial charge in [0.1, 0.15) is 6.04 Å². The van der Waals surface area contributed by atoms with E-state index in [2.05, 4.69) is 22.5 Å². The molecule has 20 heavy (non-hydrogen) atoms. The molecule has 4 nitrogen and oxygen atoms in total. The van der Waals surface area contributed by atoms with Gasteiger partial charge in [-0.25, -0.2) is 0 Å². The Hall–Kier alpha value is -1.75. The fraction of sp³-hybridized carbons (Fsp3) is 0.333. The third-order valence-electron chi connectivity index (χ3n) is 3.58. The molecule has 0 saturated carbocycles. The summed E-state index contributed by atoms with van der Waals surface area (Å²) in [5.41, 5.74) is 1.23. The van der Waals surface area contributed by atoms with E-state index in [1.54, 1.807) is 10.9 Å². The average Bonchev–Trinajstić information content (AvgIpc) is 3.01. The Bertz CT molecular complexity index is 597. The van der Waals surface area contributed by atoms with Gasteiger partial charge in [-0.05, 0) is 31.0 Å². The van der Waals surface area contributed by atoms with Gasteiger partial charge in [-0.2, -0.15) is 5.10 Å². The molecular formula is C15H17N3OS. The molecule has 0 spiro atoms. The fourth-order valence-corrected chi connectivity index (χ4v) is 3.54. The zero-order valence-electron chi connectivity index (χ0n) is 11.3. The molecule has 0 fully saturated rings. The van der Waals surface area contributed by atoms with Crippen molar-refractivity contribution in [2.45, 2.75) is 30.3 Å². The maximum absolute atomic E-state index is 12.3. The summed E-state index contributed by atoms with van der Waals surface area (Å²) in [4.78, 5) is 13.6. The van der Waals surface area contributed by atoms with E-state index in [1.165, 1.54) is 10.5 Å². The van der Waals surface area contributed by atoms with E-state index in [4.69, 9.17) is 0 Å². The van der Waals surface area contributed by atoms with Crippen LogP contribution in [0.15, 0.2) is 47.6 Å². The minimum Gasteiger partial charge on any atom is -0.347 e. The number of benzene rings is 1. The van der Waals surface area contributed by atoms with Crippen molar-refractivity contribution in [2.75, 3.05) is 5.75 Å². The summed E-state index contributed by atoms with van der Waals surface area (Å²) in [6.07, 6.45) is 4.48. The molecule has 0 radical (unpaired) electrons. The van der Waals surface area contributed by atoms with Crippen molar-refractivity contribution in [1.82, 2.24) is 15.1 Å². The quantitative estimate of drug-likeness (QED) is 0.944. The van der Waals surface area contributed by atoms with Crippen molar-refractivity contribution in [3.05, 3.63) is 48.3 Å². The highest BCUT2D eigenvalue weighted by Crippen LogP contribution is 2.35. The first-order valence-electron chi connectivity index (χ1n) is 6.77. The summed E-state index contributed by atoms with van der Waals surface area (Å²) in [5.74, 6) is 1.05. The van der Waals surface area contributed by atoms with Crippen LogP contribution in [0.4, 0.5) is 0 Å². The van der Waals surface area contributed by atoms with E-state index in [0.717, 1.165) is 12.2 Å². The van der Waals surface area contributed by atoms with Crippen molar-refractivity contribution in [3.63, 3.8) is 0 Å². The number of aromatic nitrogens is 2. The highest BCUT2D eigenvalue weighted by atomic mass is 32.2. The Morgan fingerprint density at radius 3 is 3.10 bits per heavy atom. The lowest BCUT2D eigenvalue weighted by Gasteiger charge is -2.27. The van der Waals surface area contributed by atoms with Gasteiger partial charge < -0.3 is 5.32 Å². The lowest BCUT2D eigenvalue weighted by atomic mass is 10.0. The Labute approximate surface area is 122 Å². The first-order valence-corrected chi connectivity index (χ1v) is 7.75. The molecule has 0 aliphatic carbocycles. The molecule has 1 aliphatic rings. The van der Waals surface area contributed by atoms with Crippen LogP contribution in [0.2, 0.25) is 0 Å². The standard InChI is InChI=1S/C15H17N3OS/c1-11(18-9-4-8-16-18)15(19)17-13-7-10-20-14-6-3-2-5-12(13)14/h2-6,8-9,11,13H,7,10H2,1H3,(H,17,19)/t11-,13-/m0/s1. The molecule has 1 aliphatic heterocycles. The molecule has 3 rings (SSSR count).